The van der Waals surface area contributed by atoms with Gasteiger partial charge in [-0.25, -0.2) is 4.18 Å². The van der Waals surface area contributed by atoms with Crippen molar-refractivity contribution in [3.05, 3.63) is 11.6 Å². The number of methoxy groups -OCH3 is 1. The van der Waals surface area contributed by atoms with E-state index >= 15 is 0 Å². The van der Waals surface area contributed by atoms with E-state index in [1.54, 1.807) is 0 Å². The summed E-state index contributed by atoms with van der Waals surface area (Å²) in [7, 11) is -4.06. The van der Waals surface area contributed by atoms with Crippen molar-refractivity contribution in [1.82, 2.24) is 0 Å². The number of ether oxygens (including phenoxy) is 13. The van der Waals surface area contributed by atoms with Crippen molar-refractivity contribution in [2.45, 2.75) is 273 Å². The molecule has 29 nitrogen and oxygen atoms in total. The number of fused-ring (bicyclic) bond motifs is 4. The van der Waals surface area contributed by atoms with Gasteiger partial charge in [0.1, 0.15) is 109 Å². The maximum atomic E-state index is 14.8. The quantitative estimate of drug-likeness (QED) is 0.0427. The largest absolute Gasteiger partial charge is 0.462 e. The third kappa shape index (κ3) is 12.6. The third-order valence-corrected chi connectivity index (χ3v) is 22.6. The Morgan fingerprint density at radius 1 is 0.700 bits per heavy atom. The summed E-state index contributed by atoms with van der Waals surface area (Å²) in [6, 6.07) is 0. The highest BCUT2D eigenvalue weighted by atomic mass is 32.3. The van der Waals surface area contributed by atoms with Crippen molar-refractivity contribution in [2.75, 3.05) is 33.5 Å². The normalized spacial score (nSPS) is 50.3. The molecule has 516 valence electrons. The Balaban J connectivity index is 0.904. The van der Waals surface area contributed by atoms with E-state index < -0.39 is 212 Å². The predicted octanol–water partition coefficient (Wildman–Crippen LogP) is -0.837. The summed E-state index contributed by atoms with van der Waals surface area (Å²) < 4.78 is 118. The van der Waals surface area contributed by atoms with E-state index in [0.717, 1.165) is 12.8 Å². The van der Waals surface area contributed by atoms with Crippen LogP contribution in [-0.4, -0.2) is 263 Å². The molecule has 0 amide bonds. The monoisotopic (exact) mass is 1310 g/mol. The van der Waals surface area contributed by atoms with Crippen molar-refractivity contribution in [2.24, 2.45) is 45.3 Å². The highest BCUT2D eigenvalue weighted by Gasteiger charge is 2.79. The molecule has 30 heteroatoms. The molecule has 4 aliphatic carbocycles. The summed E-state index contributed by atoms with van der Waals surface area (Å²) in [5, 5.41) is 111. The first-order chi connectivity index (χ1) is 42.2. The number of aliphatic hydroxyl groups is 10. The van der Waals surface area contributed by atoms with Crippen molar-refractivity contribution >= 4 is 22.3 Å². The van der Waals surface area contributed by atoms with Crippen LogP contribution in [0.4, 0.5) is 0 Å². The molecule has 10 rings (SSSR count). The fraction of sp³-hybridized carbons (Fsp3) is 0.933. The van der Waals surface area contributed by atoms with E-state index in [0.29, 0.717) is 50.9 Å². The number of hydrogen-bond acceptors (Lipinski definition) is 28. The van der Waals surface area contributed by atoms with Crippen LogP contribution in [-0.2, 0) is 85.8 Å². The van der Waals surface area contributed by atoms with Crippen LogP contribution in [0.3, 0.4) is 0 Å². The van der Waals surface area contributed by atoms with Gasteiger partial charge in [-0.3, -0.25) is 14.1 Å². The van der Waals surface area contributed by atoms with E-state index in [-0.39, 0.29) is 29.1 Å². The zero-order valence-corrected chi connectivity index (χ0v) is 53.4. The summed E-state index contributed by atoms with van der Waals surface area (Å²) in [4.78, 5) is 27.6. The Bertz CT molecular complexity index is 2670. The molecule has 31 atom stereocenters. The van der Waals surface area contributed by atoms with Crippen LogP contribution in [0.1, 0.15) is 120 Å². The Labute approximate surface area is 523 Å². The summed E-state index contributed by atoms with van der Waals surface area (Å²) in [6.45, 7) is 15.2. The molecular weight excluding hydrogens is 1220 g/mol. The SMILES string of the molecule is COC1C(O)C(CO)OC(OC2C(O)COC(OC3C(C)OC(OC4C(O[C@H]5CC[C@]6(C)C7CCC89C(=O)O[C@@](C)(CCCC(C)C)[C@H]8[C@@H](OC(C)=O)C[C@@]9(C)C7=CC[C@H]6C5(C)C)OCC(OS(=O)(=O)O)C4O)C(OC4OCC(O)C(O)C4O)C3O)C2O)C1O. The van der Waals surface area contributed by atoms with Gasteiger partial charge in [0.25, 0.3) is 0 Å². The molecular formula is C60H96O29S. The third-order valence-electron chi connectivity index (χ3n) is 22.1. The van der Waals surface area contributed by atoms with E-state index in [1.165, 1.54) is 26.5 Å². The second-order valence-corrected chi connectivity index (χ2v) is 29.5. The molecule has 90 heavy (non-hydrogen) atoms. The predicted molar refractivity (Wildman–Crippen MR) is 302 cm³/mol. The Morgan fingerprint density at radius 2 is 1.32 bits per heavy atom. The molecule has 0 aromatic carbocycles. The van der Waals surface area contributed by atoms with Crippen LogP contribution in [0.5, 0.6) is 0 Å². The minimum absolute atomic E-state index is 0.00396. The van der Waals surface area contributed by atoms with Crippen molar-refractivity contribution in [1.29, 1.82) is 0 Å². The first-order valence-corrected chi connectivity index (χ1v) is 33.0. The molecule has 9 fully saturated rings. The zero-order valence-electron chi connectivity index (χ0n) is 52.6. The van der Waals surface area contributed by atoms with Gasteiger partial charge in [0, 0.05) is 19.4 Å². The van der Waals surface area contributed by atoms with Gasteiger partial charge in [-0.15, -0.1) is 0 Å². The van der Waals surface area contributed by atoms with Gasteiger partial charge < -0.3 is 113 Å². The number of carbonyl (C=O) groups is 2. The highest BCUT2D eigenvalue weighted by molar-refractivity contribution is 7.80. The van der Waals surface area contributed by atoms with Gasteiger partial charge in [0.15, 0.2) is 31.5 Å². The topological polar surface area (TPSA) is 420 Å². The zero-order chi connectivity index (χ0) is 65.7. The molecule has 0 aromatic heterocycles. The summed E-state index contributed by atoms with van der Waals surface area (Å²) in [5.41, 5.74) is -2.36. The van der Waals surface area contributed by atoms with Crippen LogP contribution < -0.4 is 0 Å². The lowest BCUT2D eigenvalue weighted by Gasteiger charge is -2.64. The highest BCUT2D eigenvalue weighted by Crippen LogP contribution is 2.77. The number of allylic oxidation sites excluding steroid dienone is 2. The molecule has 0 bridgehead atoms. The molecule has 0 aromatic rings. The lowest BCUT2D eigenvalue weighted by Crippen LogP contribution is -2.67. The van der Waals surface area contributed by atoms with Crippen molar-refractivity contribution in [3.8, 4) is 0 Å². The van der Waals surface area contributed by atoms with E-state index in [1.807, 2.05) is 6.92 Å². The molecule has 6 saturated heterocycles. The van der Waals surface area contributed by atoms with E-state index in [9.17, 15) is 73.6 Å². The number of cyclic esters (lactones) is 1. The Hall–Kier alpha value is -2.29. The number of carbonyl (C=O) groups excluding carboxylic acids is 2. The van der Waals surface area contributed by atoms with Crippen LogP contribution >= 0.6 is 0 Å². The van der Waals surface area contributed by atoms with Crippen molar-refractivity contribution < 1.29 is 139 Å². The van der Waals surface area contributed by atoms with Gasteiger partial charge in [-0.1, -0.05) is 59.6 Å². The minimum Gasteiger partial charge on any atom is -0.462 e. The number of hydrogen-bond donors (Lipinski definition) is 11. The van der Waals surface area contributed by atoms with Crippen LogP contribution in [0.2, 0.25) is 0 Å². The summed E-state index contributed by atoms with van der Waals surface area (Å²) in [6.07, 6.45) is -30.9. The molecule has 6 aliphatic heterocycles. The van der Waals surface area contributed by atoms with E-state index in [4.69, 9.17) is 65.8 Å². The first-order valence-electron chi connectivity index (χ1n) is 31.6. The lowest BCUT2D eigenvalue weighted by atomic mass is 9.41. The second-order valence-electron chi connectivity index (χ2n) is 28.4. The number of rotatable bonds is 19. The van der Waals surface area contributed by atoms with Crippen LogP contribution in [0.15, 0.2) is 11.6 Å². The first kappa shape index (κ1) is 70.5. The van der Waals surface area contributed by atoms with Gasteiger partial charge in [0.05, 0.1) is 50.0 Å². The van der Waals surface area contributed by atoms with E-state index in [2.05, 4.69) is 47.6 Å². The van der Waals surface area contributed by atoms with Crippen molar-refractivity contribution in [3.63, 3.8) is 0 Å². The molecule has 10 aliphatic rings. The molecule has 3 saturated carbocycles. The van der Waals surface area contributed by atoms with Crippen LogP contribution in [0, 0.1) is 45.3 Å². The average Bonchev–Trinajstić information content (AvgIpc) is 1.46. The second kappa shape index (κ2) is 26.6. The fourth-order valence-electron chi connectivity index (χ4n) is 17.7. The maximum Gasteiger partial charge on any atom is 0.397 e. The summed E-state index contributed by atoms with van der Waals surface area (Å²) in [5.74, 6) is -0.620. The maximum absolute atomic E-state index is 14.8. The average molecular weight is 1310 g/mol. The Morgan fingerprint density at radius 3 is 1.98 bits per heavy atom. The standard InChI is InChI=1S/C60H96O29S/c1-25(2)12-11-17-59(9)49-32(81-27(4)62)20-58(8)29-13-14-35-56(5,6)36(16-18-57(35,7)28(29)15-19-60(49,58)55(72)88-59)83-53-47(39(67)34(24-79-53)89-90(73,74)75)87-54-48(86-50-40(68)37(65)30(63)22-77-50)41(69)44(26(3)80-54)84-51-42(70)45(31(64)23-78-51)85-52-43(71)46(76-10)38(66)33(21-61)82-52/h13,25-26,28,30-54,61,63-71H,11-12,14-24H2,1-10H3,(H,73,74,75)/t26?,28?,30?,31?,32-,33?,34?,35-,36-,37?,38?,39?,40?,41?,42?,43?,44?,45?,46?,47?,48?,49+,50?,51?,52?,53?,54?,57+,58-,59-,60?/m0/s1. The number of esters is 2. The molecule has 0 radical (unpaired) electrons. The van der Waals surface area contributed by atoms with Gasteiger partial charge in [0.2, 0.25) is 0 Å². The minimum atomic E-state index is -5.26. The molecule has 11 N–H and O–H groups in total. The lowest BCUT2D eigenvalue weighted by molar-refractivity contribution is -0.399. The van der Waals surface area contributed by atoms with Gasteiger partial charge >= 0.3 is 22.3 Å². The molecule has 6 heterocycles. The molecule has 24 unspecified atom stereocenters. The van der Waals surface area contributed by atoms with Gasteiger partial charge in [-0.2, -0.15) is 8.42 Å². The van der Waals surface area contributed by atoms with Gasteiger partial charge in [-0.05, 0) is 93.8 Å². The fourth-order valence-corrected chi connectivity index (χ4v) is 18.2. The smallest absolute Gasteiger partial charge is 0.397 e. The van der Waals surface area contributed by atoms with Crippen LogP contribution in [0.25, 0.3) is 0 Å². The summed E-state index contributed by atoms with van der Waals surface area (Å²) >= 11 is 0. The Kier molecular flexibility index (Phi) is 20.8. The number of aliphatic hydroxyl groups excluding tert-OH is 10. The molecule has 1 spiro atoms.